The molecule has 0 aromatic rings. The minimum atomic E-state index is -2.74. The predicted molar refractivity (Wildman–Crippen MR) is 109 cm³/mol. The summed E-state index contributed by atoms with van der Waals surface area (Å²) in [6.45, 7) is 9.77. The van der Waals surface area contributed by atoms with Gasteiger partial charge in [0.2, 0.25) is 0 Å². The molecule has 9 nitrogen and oxygen atoms in total. The van der Waals surface area contributed by atoms with Gasteiger partial charge in [-0.2, -0.15) is 0 Å². The number of carboxylic acids is 3. The molecule has 0 radical (unpaired) electrons. The van der Waals surface area contributed by atoms with Crippen LogP contribution in [-0.4, -0.2) is 82.7 Å². The molecule has 0 rings (SSSR count). The monoisotopic (exact) mass is 421 g/mol. The number of hydrogen-bond acceptors (Lipinski definition) is 6. The molecule has 0 aliphatic carbocycles. The maximum Gasteiger partial charge on any atom is 0.336 e. The van der Waals surface area contributed by atoms with Gasteiger partial charge in [0.25, 0.3) is 0 Å². The Morgan fingerprint density at radius 1 is 0.897 bits per heavy atom. The second kappa shape index (κ2) is 16.1. The highest BCUT2D eigenvalue weighted by molar-refractivity contribution is 5.88. The molecule has 0 bridgehead atoms. The van der Waals surface area contributed by atoms with E-state index in [0.717, 1.165) is 31.6 Å². The average molecular weight is 422 g/mol. The van der Waals surface area contributed by atoms with E-state index in [0.29, 0.717) is 0 Å². The molecular formula is C20H39NO8. The van der Waals surface area contributed by atoms with Crippen molar-refractivity contribution in [1.82, 2.24) is 4.90 Å². The Kier molecular flexibility index (Phi) is 16.4. The van der Waals surface area contributed by atoms with Crippen molar-refractivity contribution in [2.24, 2.45) is 11.8 Å². The van der Waals surface area contributed by atoms with E-state index >= 15 is 0 Å². The summed E-state index contributed by atoms with van der Waals surface area (Å²) in [7, 11) is 4.16. The molecule has 0 amide bonds. The Balaban J connectivity index is 0. The molecule has 0 aliphatic heterocycles. The van der Waals surface area contributed by atoms with Crippen molar-refractivity contribution in [2.45, 2.75) is 64.9 Å². The van der Waals surface area contributed by atoms with Gasteiger partial charge in [-0.15, -0.1) is 0 Å². The zero-order valence-electron chi connectivity index (χ0n) is 18.4. The number of hydrogen-bond donors (Lipinski definition) is 4. The second-order valence-electron chi connectivity index (χ2n) is 8.11. The summed E-state index contributed by atoms with van der Waals surface area (Å²) >= 11 is 0. The number of ether oxygens (including phenoxy) is 1. The van der Waals surface area contributed by atoms with E-state index in [2.05, 4.69) is 39.8 Å². The molecule has 0 saturated heterocycles. The van der Waals surface area contributed by atoms with Crippen LogP contribution in [0.5, 0.6) is 0 Å². The lowest BCUT2D eigenvalue weighted by Crippen LogP contribution is -2.42. The zero-order chi connectivity index (χ0) is 23.0. The van der Waals surface area contributed by atoms with E-state index in [9.17, 15) is 14.4 Å². The molecule has 0 aromatic carbocycles. The third-order valence-electron chi connectivity index (χ3n) is 4.20. The molecule has 1 unspecified atom stereocenters. The first-order valence-corrected chi connectivity index (χ1v) is 9.92. The molecule has 1 atom stereocenters. The van der Waals surface area contributed by atoms with Gasteiger partial charge >= 0.3 is 17.9 Å². The van der Waals surface area contributed by atoms with Crippen LogP contribution in [0.4, 0.5) is 0 Å². The molecule has 0 fully saturated rings. The van der Waals surface area contributed by atoms with Gasteiger partial charge in [0.15, 0.2) is 5.60 Å². The van der Waals surface area contributed by atoms with E-state index < -0.39 is 36.4 Å². The number of aliphatic carboxylic acids is 3. The van der Waals surface area contributed by atoms with Crippen LogP contribution in [0.3, 0.4) is 0 Å². The fourth-order valence-corrected chi connectivity index (χ4v) is 2.37. The first-order valence-electron chi connectivity index (χ1n) is 9.92. The highest BCUT2D eigenvalue weighted by atomic mass is 16.5. The topological polar surface area (TPSA) is 145 Å². The molecule has 0 aliphatic rings. The Labute approximate surface area is 173 Å². The molecule has 0 aromatic heterocycles. The summed E-state index contributed by atoms with van der Waals surface area (Å²) in [6.07, 6.45) is 3.02. The van der Waals surface area contributed by atoms with Gasteiger partial charge in [-0.3, -0.25) is 9.59 Å². The summed E-state index contributed by atoms with van der Waals surface area (Å²) in [5, 5.41) is 33.8. The van der Waals surface area contributed by atoms with Crippen molar-refractivity contribution in [1.29, 1.82) is 0 Å². The highest BCUT2D eigenvalue weighted by Gasteiger charge is 2.40. The van der Waals surface area contributed by atoms with Crippen LogP contribution in [0.2, 0.25) is 0 Å². The Morgan fingerprint density at radius 3 is 1.79 bits per heavy atom. The van der Waals surface area contributed by atoms with Gasteiger partial charge in [-0.1, -0.05) is 40.0 Å². The zero-order valence-corrected chi connectivity index (χ0v) is 18.4. The normalized spacial score (nSPS) is 12.4. The van der Waals surface area contributed by atoms with E-state index in [1.165, 1.54) is 25.7 Å². The maximum absolute atomic E-state index is 10.3. The molecule has 4 N–H and O–H groups in total. The Bertz CT molecular complexity index is 463. The molecule has 0 heterocycles. The van der Waals surface area contributed by atoms with Gasteiger partial charge in [-0.25, -0.2) is 4.79 Å². The fourth-order valence-electron chi connectivity index (χ4n) is 2.37. The van der Waals surface area contributed by atoms with E-state index in [1.807, 2.05) is 0 Å². The first-order chi connectivity index (χ1) is 13.3. The van der Waals surface area contributed by atoms with Crippen LogP contribution in [0.1, 0.15) is 59.3 Å². The van der Waals surface area contributed by atoms with Gasteiger partial charge < -0.3 is 30.1 Å². The second-order valence-corrected chi connectivity index (χ2v) is 8.11. The minimum Gasteiger partial charge on any atom is -0.481 e. The molecule has 9 heteroatoms. The Morgan fingerprint density at radius 2 is 1.41 bits per heavy atom. The van der Waals surface area contributed by atoms with Gasteiger partial charge in [0.1, 0.15) is 0 Å². The summed E-state index contributed by atoms with van der Waals surface area (Å²) in [4.78, 5) is 32.6. The third kappa shape index (κ3) is 19.4. The summed E-state index contributed by atoms with van der Waals surface area (Å²) in [5.74, 6) is -3.35. The first kappa shape index (κ1) is 29.5. The minimum absolute atomic E-state index is 0.818. The number of carbonyl (C=O) groups is 3. The van der Waals surface area contributed by atoms with Crippen LogP contribution in [-0.2, 0) is 19.1 Å². The van der Waals surface area contributed by atoms with E-state index in [-0.39, 0.29) is 0 Å². The van der Waals surface area contributed by atoms with Crippen LogP contribution in [0.25, 0.3) is 0 Å². The largest absolute Gasteiger partial charge is 0.481 e. The van der Waals surface area contributed by atoms with Gasteiger partial charge in [0, 0.05) is 13.2 Å². The predicted octanol–water partition coefficient (Wildman–Crippen LogP) is 2.17. The highest BCUT2D eigenvalue weighted by Crippen LogP contribution is 2.16. The molecular weight excluding hydrogens is 382 g/mol. The van der Waals surface area contributed by atoms with Crippen molar-refractivity contribution in [3.63, 3.8) is 0 Å². The van der Waals surface area contributed by atoms with Gasteiger partial charge in [0.05, 0.1) is 19.4 Å². The van der Waals surface area contributed by atoms with Crippen molar-refractivity contribution in [3.05, 3.63) is 0 Å². The SMILES string of the molecule is CC(C)CCCC(C)CCOCCN(C)C.O=C(O)CC(O)(CC(=O)O)C(=O)O. The number of rotatable bonds is 15. The summed E-state index contributed by atoms with van der Waals surface area (Å²) < 4.78 is 5.60. The van der Waals surface area contributed by atoms with Crippen molar-refractivity contribution in [2.75, 3.05) is 33.9 Å². The van der Waals surface area contributed by atoms with E-state index in [1.54, 1.807) is 0 Å². The maximum atomic E-state index is 10.3. The van der Waals surface area contributed by atoms with Crippen molar-refractivity contribution in [3.8, 4) is 0 Å². The lowest BCUT2D eigenvalue weighted by atomic mass is 9.96. The van der Waals surface area contributed by atoms with Crippen molar-refractivity contribution < 1.29 is 39.5 Å². The quantitative estimate of drug-likeness (QED) is 0.292. The smallest absolute Gasteiger partial charge is 0.336 e. The van der Waals surface area contributed by atoms with Gasteiger partial charge in [-0.05, 0) is 32.4 Å². The summed E-state index contributed by atoms with van der Waals surface area (Å²) in [6, 6.07) is 0. The molecule has 29 heavy (non-hydrogen) atoms. The fraction of sp³-hybridized carbons (Fsp3) is 0.850. The van der Waals surface area contributed by atoms with Crippen LogP contribution >= 0.6 is 0 Å². The lowest BCUT2D eigenvalue weighted by Gasteiger charge is -2.18. The van der Waals surface area contributed by atoms with E-state index in [4.69, 9.17) is 25.2 Å². The lowest BCUT2D eigenvalue weighted by molar-refractivity contribution is -0.170. The number of nitrogens with zero attached hydrogens (tertiary/aromatic N) is 1. The molecule has 0 saturated carbocycles. The summed E-state index contributed by atoms with van der Waals surface area (Å²) in [5.41, 5.74) is -2.74. The van der Waals surface area contributed by atoms with Crippen LogP contribution in [0.15, 0.2) is 0 Å². The molecule has 172 valence electrons. The van der Waals surface area contributed by atoms with Crippen LogP contribution in [0, 0.1) is 11.8 Å². The van der Waals surface area contributed by atoms with Crippen molar-refractivity contribution >= 4 is 17.9 Å². The standard InChI is InChI=1S/C14H31NO.C6H8O7/c1-13(2)7-6-8-14(3)9-11-16-12-10-15(4)5;7-3(8)1-6(13,5(11)12)2-4(9)10/h13-14H,6-12H2,1-5H3;13H,1-2H2,(H,7,8)(H,9,10)(H,11,12). The third-order valence-corrected chi connectivity index (χ3v) is 4.20. The number of aliphatic hydroxyl groups is 1. The number of carboxylic acid groups (broad SMARTS) is 3. The average Bonchev–Trinajstić information content (AvgIpc) is 2.52. The molecule has 0 spiro atoms. The Hall–Kier alpha value is -1.71. The van der Waals surface area contributed by atoms with Crippen LogP contribution < -0.4 is 0 Å². The number of likely N-dealkylation sites (N-methyl/N-ethyl adjacent to an activating group) is 1.